The van der Waals surface area contributed by atoms with Gasteiger partial charge in [0.25, 0.3) is 0 Å². The third-order valence-electron chi connectivity index (χ3n) is 6.89. The van der Waals surface area contributed by atoms with Gasteiger partial charge in [-0.2, -0.15) is 0 Å². The molecule has 2 aliphatic rings. The first-order valence-electron chi connectivity index (χ1n) is 12.6. The molecule has 2 aromatic carbocycles. The van der Waals surface area contributed by atoms with Crippen molar-refractivity contribution in [3.05, 3.63) is 53.6 Å². The van der Waals surface area contributed by atoms with E-state index in [1.54, 1.807) is 7.11 Å². The zero-order valence-corrected chi connectivity index (χ0v) is 20.8. The molecule has 35 heavy (non-hydrogen) atoms. The van der Waals surface area contributed by atoms with Crippen molar-refractivity contribution in [1.82, 2.24) is 0 Å². The average Bonchev–Trinajstić information content (AvgIpc) is 3.69. The molecule has 0 spiro atoms. The van der Waals surface area contributed by atoms with Gasteiger partial charge in [0.1, 0.15) is 6.29 Å². The molecule has 2 amide bonds. The molecule has 1 saturated heterocycles. The molecule has 1 saturated carbocycles. The van der Waals surface area contributed by atoms with Crippen molar-refractivity contribution in [3.63, 3.8) is 0 Å². The van der Waals surface area contributed by atoms with Crippen molar-refractivity contribution in [1.29, 1.82) is 0 Å². The van der Waals surface area contributed by atoms with Crippen LogP contribution < -0.4 is 15.5 Å². The van der Waals surface area contributed by atoms with Gasteiger partial charge < -0.3 is 29.8 Å². The van der Waals surface area contributed by atoms with Gasteiger partial charge in [-0.1, -0.05) is 23.8 Å². The number of nitrogens with zero attached hydrogens (tertiary/aromatic N) is 1. The molecule has 2 aromatic rings. The number of carbonyl (C=O) groups is 2. The first kappa shape index (κ1) is 25.2. The number of nitrogens with one attached hydrogen (secondary N) is 2. The van der Waals surface area contributed by atoms with E-state index in [1.165, 1.54) is 12.8 Å². The van der Waals surface area contributed by atoms with Crippen LogP contribution >= 0.6 is 0 Å². The maximum Gasteiger partial charge on any atom is 0.323 e. The van der Waals surface area contributed by atoms with Gasteiger partial charge in [-0.3, -0.25) is 0 Å². The Morgan fingerprint density at radius 2 is 1.86 bits per heavy atom. The summed E-state index contributed by atoms with van der Waals surface area (Å²) in [4.78, 5) is 26.8. The largest absolute Gasteiger partial charge is 0.384 e. The van der Waals surface area contributed by atoms with Crippen LogP contribution in [0.15, 0.2) is 42.5 Å². The van der Waals surface area contributed by atoms with Crippen LogP contribution in [0.1, 0.15) is 49.1 Å². The molecule has 1 aliphatic carbocycles. The SMILES string of the molecule is COCC(CC=O)c1ccc(N(CC2CC2)C2CCOCC2)c(NC(=O)Nc2ccc(C)cc2)c1. The molecule has 0 radical (unpaired) electrons. The van der Waals surface area contributed by atoms with Crippen LogP contribution in [0.3, 0.4) is 0 Å². The fourth-order valence-electron chi connectivity index (χ4n) is 4.72. The number of methoxy groups -OCH3 is 1. The number of benzene rings is 2. The van der Waals surface area contributed by atoms with Crippen LogP contribution in [0.5, 0.6) is 0 Å². The molecule has 4 rings (SSSR count). The minimum atomic E-state index is -0.288. The zero-order valence-electron chi connectivity index (χ0n) is 20.8. The Bertz CT molecular complexity index is 984. The maximum atomic E-state index is 13.0. The van der Waals surface area contributed by atoms with E-state index < -0.39 is 0 Å². The third kappa shape index (κ3) is 7.05. The second-order valence-electron chi connectivity index (χ2n) is 9.72. The predicted molar refractivity (Wildman–Crippen MR) is 139 cm³/mol. The summed E-state index contributed by atoms with van der Waals surface area (Å²) in [6, 6.07) is 14.0. The number of aldehydes is 1. The van der Waals surface area contributed by atoms with Gasteiger partial charge in [-0.05, 0) is 68.4 Å². The minimum absolute atomic E-state index is 0.0628. The molecular formula is C28H37N3O4. The summed E-state index contributed by atoms with van der Waals surface area (Å²) in [5.41, 5.74) is 4.63. The second kappa shape index (κ2) is 12.2. The van der Waals surface area contributed by atoms with Gasteiger partial charge in [0.05, 0.1) is 18.0 Å². The lowest BCUT2D eigenvalue weighted by atomic mass is 9.95. The number of aryl methyl sites for hydroxylation is 1. The van der Waals surface area contributed by atoms with Crippen LogP contribution in [0, 0.1) is 12.8 Å². The topological polar surface area (TPSA) is 79.9 Å². The van der Waals surface area contributed by atoms with E-state index in [-0.39, 0.29) is 11.9 Å². The molecule has 2 fully saturated rings. The van der Waals surface area contributed by atoms with Crippen LogP contribution in [0.4, 0.5) is 21.9 Å². The van der Waals surface area contributed by atoms with Crippen molar-refractivity contribution in [3.8, 4) is 0 Å². The molecule has 0 aromatic heterocycles. The molecular weight excluding hydrogens is 442 g/mol. The van der Waals surface area contributed by atoms with Gasteiger partial charge in [0, 0.05) is 50.9 Å². The summed E-state index contributed by atoms with van der Waals surface area (Å²) in [5.74, 6) is 0.635. The Kier molecular flexibility index (Phi) is 8.77. The first-order valence-corrected chi connectivity index (χ1v) is 12.6. The van der Waals surface area contributed by atoms with Crippen LogP contribution in [-0.2, 0) is 14.3 Å². The number of hydrogen-bond donors (Lipinski definition) is 2. The predicted octanol–water partition coefficient (Wildman–Crippen LogP) is 5.35. The monoisotopic (exact) mass is 479 g/mol. The van der Waals surface area contributed by atoms with Gasteiger partial charge in [-0.25, -0.2) is 4.79 Å². The molecule has 1 heterocycles. The van der Waals surface area contributed by atoms with Crippen molar-refractivity contribution in [2.24, 2.45) is 5.92 Å². The number of hydrogen-bond acceptors (Lipinski definition) is 5. The molecule has 7 heteroatoms. The summed E-state index contributed by atoms with van der Waals surface area (Å²) in [5, 5.41) is 6.06. The normalized spacial score (nSPS) is 17.0. The third-order valence-corrected chi connectivity index (χ3v) is 6.89. The Hall–Kier alpha value is -2.90. The number of rotatable bonds is 11. The van der Waals surface area contributed by atoms with E-state index in [2.05, 4.69) is 27.7 Å². The van der Waals surface area contributed by atoms with Crippen LogP contribution in [0.2, 0.25) is 0 Å². The maximum absolute atomic E-state index is 13.0. The molecule has 7 nitrogen and oxygen atoms in total. The number of amides is 2. The van der Waals surface area contributed by atoms with E-state index in [1.807, 2.05) is 37.3 Å². The van der Waals surface area contributed by atoms with Gasteiger partial charge in [0.2, 0.25) is 0 Å². The Balaban J connectivity index is 1.64. The summed E-state index contributed by atoms with van der Waals surface area (Å²) < 4.78 is 11.0. The summed E-state index contributed by atoms with van der Waals surface area (Å²) in [6.07, 6.45) is 5.75. The summed E-state index contributed by atoms with van der Waals surface area (Å²) in [7, 11) is 1.64. The smallest absolute Gasteiger partial charge is 0.323 e. The first-order chi connectivity index (χ1) is 17.1. The lowest BCUT2D eigenvalue weighted by Gasteiger charge is -2.37. The quantitative estimate of drug-likeness (QED) is 0.425. The van der Waals surface area contributed by atoms with Crippen molar-refractivity contribution in [2.75, 3.05) is 49.0 Å². The van der Waals surface area contributed by atoms with Crippen LogP contribution in [0.25, 0.3) is 0 Å². The molecule has 188 valence electrons. The standard InChI is InChI=1S/C28H37N3O4/c1-20-3-8-24(9-4-20)29-28(33)30-26-17-22(23(11-14-32)19-34-2)7-10-27(26)31(18-21-5-6-21)25-12-15-35-16-13-25/h3-4,7-10,14,17,21,23,25H,5-6,11-13,15-16,18-19H2,1-2H3,(H2,29,30,33). The lowest BCUT2D eigenvalue weighted by molar-refractivity contribution is -0.108. The lowest BCUT2D eigenvalue weighted by Crippen LogP contribution is -2.41. The van der Waals surface area contributed by atoms with Gasteiger partial charge in [-0.15, -0.1) is 0 Å². The highest BCUT2D eigenvalue weighted by Crippen LogP contribution is 2.38. The average molecular weight is 480 g/mol. The molecule has 1 unspecified atom stereocenters. The van der Waals surface area contributed by atoms with Gasteiger partial charge >= 0.3 is 6.03 Å². The van der Waals surface area contributed by atoms with Crippen molar-refractivity contribution >= 4 is 29.4 Å². The van der Waals surface area contributed by atoms with E-state index in [0.717, 1.165) is 67.1 Å². The van der Waals surface area contributed by atoms with Crippen molar-refractivity contribution < 1.29 is 19.1 Å². The number of ether oxygens (including phenoxy) is 2. The molecule has 2 N–H and O–H groups in total. The Morgan fingerprint density at radius 3 is 2.51 bits per heavy atom. The number of urea groups is 1. The summed E-state index contributed by atoms with van der Waals surface area (Å²) >= 11 is 0. The zero-order chi connectivity index (χ0) is 24.6. The van der Waals surface area contributed by atoms with E-state index in [9.17, 15) is 9.59 Å². The van der Waals surface area contributed by atoms with Crippen molar-refractivity contribution in [2.45, 2.75) is 51.0 Å². The summed E-state index contributed by atoms with van der Waals surface area (Å²) in [6.45, 7) is 4.96. The highest BCUT2D eigenvalue weighted by Gasteiger charge is 2.31. The fraction of sp³-hybridized carbons (Fsp3) is 0.500. The van der Waals surface area contributed by atoms with E-state index in [0.29, 0.717) is 25.0 Å². The highest BCUT2D eigenvalue weighted by molar-refractivity contribution is 6.02. The number of anilines is 3. The Morgan fingerprint density at radius 1 is 1.11 bits per heavy atom. The van der Waals surface area contributed by atoms with E-state index in [4.69, 9.17) is 9.47 Å². The van der Waals surface area contributed by atoms with E-state index >= 15 is 0 Å². The molecule has 1 aliphatic heterocycles. The fourth-order valence-corrected chi connectivity index (χ4v) is 4.72. The highest BCUT2D eigenvalue weighted by atomic mass is 16.5. The molecule has 1 atom stereocenters. The Labute approximate surface area is 208 Å². The number of carbonyl (C=O) groups excluding carboxylic acids is 2. The molecule has 0 bridgehead atoms. The van der Waals surface area contributed by atoms with Crippen LogP contribution in [-0.4, -0.2) is 51.8 Å². The minimum Gasteiger partial charge on any atom is -0.384 e. The van der Waals surface area contributed by atoms with Gasteiger partial charge in [0.15, 0.2) is 0 Å². The second-order valence-corrected chi connectivity index (χ2v) is 9.72.